The Bertz CT molecular complexity index is 1180. The molecule has 5 rings (SSSR count). The summed E-state index contributed by atoms with van der Waals surface area (Å²) >= 11 is 0. The van der Waals surface area contributed by atoms with E-state index in [1.54, 1.807) is 12.3 Å². The maximum absolute atomic E-state index is 11.6. The monoisotopic (exact) mass is 477 g/mol. The normalized spacial score (nSPS) is 20.4. The van der Waals surface area contributed by atoms with Crippen molar-refractivity contribution in [2.75, 3.05) is 19.0 Å². The van der Waals surface area contributed by atoms with Crippen molar-refractivity contribution in [1.82, 2.24) is 19.4 Å². The summed E-state index contributed by atoms with van der Waals surface area (Å²) in [6.07, 6.45) is 8.54. The molecule has 3 aromatic rings. The molecular weight excluding hydrogens is 446 g/mol. The number of hydrogen-bond acceptors (Lipinski definition) is 7. The van der Waals surface area contributed by atoms with Crippen LogP contribution in [0.3, 0.4) is 0 Å². The van der Waals surface area contributed by atoms with Gasteiger partial charge in [-0.2, -0.15) is 0 Å². The number of aliphatic hydroxyl groups is 1. The van der Waals surface area contributed by atoms with Crippen molar-refractivity contribution in [2.45, 2.75) is 57.0 Å². The lowest BCUT2D eigenvalue weighted by molar-refractivity contribution is -0.140. The minimum absolute atomic E-state index is 0.124. The Morgan fingerprint density at radius 3 is 2.94 bits per heavy atom. The Morgan fingerprint density at radius 1 is 1.29 bits per heavy atom. The summed E-state index contributed by atoms with van der Waals surface area (Å²) in [5.41, 5.74) is 3.99. The number of nitrogens with one attached hydrogen (secondary N) is 1. The second-order valence-electron chi connectivity index (χ2n) is 9.26. The molecule has 0 fully saturated rings. The average molecular weight is 478 g/mol. The van der Waals surface area contributed by atoms with E-state index in [9.17, 15) is 15.0 Å². The molecule has 0 saturated heterocycles. The van der Waals surface area contributed by atoms with Crippen LogP contribution in [0.1, 0.15) is 53.9 Å². The highest BCUT2D eigenvalue weighted by atomic mass is 16.5. The van der Waals surface area contributed by atoms with Gasteiger partial charge in [-0.3, -0.25) is 9.69 Å². The first-order valence-corrected chi connectivity index (χ1v) is 12.1. The number of ether oxygens (including phenoxy) is 1. The van der Waals surface area contributed by atoms with Crippen molar-refractivity contribution < 1.29 is 19.7 Å². The number of rotatable bonds is 8. The predicted octanol–water partition coefficient (Wildman–Crippen LogP) is 3.17. The van der Waals surface area contributed by atoms with E-state index in [1.807, 2.05) is 23.2 Å². The molecule has 3 atom stereocenters. The first-order chi connectivity index (χ1) is 17.0. The van der Waals surface area contributed by atoms with Crippen LogP contribution in [0.5, 0.6) is 5.88 Å². The van der Waals surface area contributed by atoms with Crippen LogP contribution in [0.15, 0.2) is 48.9 Å². The number of aliphatic hydroxyl groups excluding tert-OH is 1. The van der Waals surface area contributed by atoms with E-state index in [1.165, 1.54) is 18.2 Å². The van der Waals surface area contributed by atoms with E-state index in [2.05, 4.69) is 38.2 Å². The summed E-state index contributed by atoms with van der Waals surface area (Å²) < 4.78 is 7.22. The van der Waals surface area contributed by atoms with Crippen LogP contribution in [0.25, 0.3) is 0 Å². The molecule has 2 aliphatic rings. The lowest BCUT2D eigenvalue weighted by atomic mass is 9.96. The van der Waals surface area contributed by atoms with Crippen LogP contribution < -0.4 is 10.1 Å². The Labute approximate surface area is 204 Å². The van der Waals surface area contributed by atoms with Gasteiger partial charge in [0, 0.05) is 49.8 Å². The zero-order chi connectivity index (χ0) is 24.4. The fourth-order valence-corrected chi connectivity index (χ4v) is 5.20. The molecule has 0 saturated carbocycles. The molecule has 0 spiro atoms. The van der Waals surface area contributed by atoms with Gasteiger partial charge in [0.05, 0.1) is 19.2 Å². The number of hydrogen-bond donors (Lipinski definition) is 3. The molecule has 0 bridgehead atoms. The molecule has 0 radical (unpaired) electrons. The van der Waals surface area contributed by atoms with Crippen LogP contribution in [0, 0.1) is 0 Å². The van der Waals surface area contributed by atoms with Crippen LogP contribution in [-0.4, -0.2) is 55.3 Å². The minimum atomic E-state index is -0.921. The van der Waals surface area contributed by atoms with Gasteiger partial charge >= 0.3 is 5.97 Å². The number of fused-ring (bicyclic) bond motifs is 2. The van der Waals surface area contributed by atoms with Gasteiger partial charge in [-0.05, 0) is 54.5 Å². The molecular formula is C26H31N5O4. The summed E-state index contributed by atoms with van der Waals surface area (Å²) in [5, 5.41) is 24.4. The summed E-state index contributed by atoms with van der Waals surface area (Å²) in [6, 6.07) is 9.57. The van der Waals surface area contributed by atoms with Crippen molar-refractivity contribution in [3.8, 4) is 5.88 Å². The van der Waals surface area contributed by atoms with Crippen LogP contribution in [0.4, 0.5) is 5.82 Å². The van der Waals surface area contributed by atoms with Crippen molar-refractivity contribution in [3.63, 3.8) is 0 Å². The smallest absolute Gasteiger partial charge is 0.305 e. The Hall–Kier alpha value is -3.43. The van der Waals surface area contributed by atoms with E-state index in [-0.39, 0.29) is 6.42 Å². The van der Waals surface area contributed by atoms with E-state index < -0.39 is 18.2 Å². The maximum Gasteiger partial charge on any atom is 0.305 e. The topological polar surface area (TPSA) is 113 Å². The van der Waals surface area contributed by atoms with Crippen LogP contribution >= 0.6 is 0 Å². The third-order valence-electron chi connectivity index (χ3n) is 7.06. The van der Waals surface area contributed by atoms with Gasteiger partial charge < -0.3 is 24.8 Å². The van der Waals surface area contributed by atoms with Gasteiger partial charge in [-0.25, -0.2) is 9.97 Å². The molecule has 0 aliphatic carbocycles. The minimum Gasteiger partial charge on any atom is -0.481 e. The third kappa shape index (κ3) is 5.01. The molecule has 9 nitrogen and oxygen atoms in total. The molecule has 3 N–H and O–H groups in total. The van der Waals surface area contributed by atoms with Gasteiger partial charge in [-0.15, -0.1) is 0 Å². The quantitative estimate of drug-likeness (QED) is 0.454. The van der Waals surface area contributed by atoms with E-state index in [0.717, 1.165) is 42.8 Å². The highest BCUT2D eigenvalue weighted by molar-refractivity contribution is 5.68. The first kappa shape index (κ1) is 23.3. The van der Waals surface area contributed by atoms with Crippen molar-refractivity contribution in [3.05, 3.63) is 71.3 Å². The molecule has 2 aliphatic heterocycles. The highest BCUT2D eigenvalue weighted by Crippen LogP contribution is 2.35. The maximum atomic E-state index is 11.6. The number of nitrogens with zero attached hydrogens (tertiary/aromatic N) is 4. The molecule has 35 heavy (non-hydrogen) atoms. The van der Waals surface area contributed by atoms with Gasteiger partial charge in [-0.1, -0.05) is 12.1 Å². The summed E-state index contributed by atoms with van der Waals surface area (Å²) in [6.45, 7) is 1.23. The average Bonchev–Trinajstić information content (AvgIpc) is 3.30. The Balaban J connectivity index is 1.28. The number of aromatic nitrogens is 3. The third-order valence-corrected chi connectivity index (χ3v) is 7.06. The highest BCUT2D eigenvalue weighted by Gasteiger charge is 2.34. The zero-order valence-corrected chi connectivity index (χ0v) is 19.8. The molecule has 5 heterocycles. The summed E-state index contributed by atoms with van der Waals surface area (Å²) in [5.74, 6) is 0.534. The lowest BCUT2D eigenvalue weighted by Gasteiger charge is -2.38. The van der Waals surface area contributed by atoms with E-state index >= 15 is 0 Å². The number of carboxylic acids is 1. The number of anilines is 1. The Morgan fingerprint density at radius 2 is 2.17 bits per heavy atom. The van der Waals surface area contributed by atoms with Crippen molar-refractivity contribution >= 4 is 11.8 Å². The molecule has 3 aromatic heterocycles. The number of carbonyl (C=O) groups is 1. The fourth-order valence-electron chi connectivity index (χ4n) is 5.20. The number of methoxy groups -OCH3 is 1. The SMILES string of the molecule is COc1ccc([C@H](CC(=O)O)N2CCn3cc(CCC4CCc5cccnc5N4)cc3C2O)cn1. The molecule has 0 aromatic carbocycles. The van der Waals surface area contributed by atoms with E-state index in [0.29, 0.717) is 25.0 Å². The Kier molecular flexibility index (Phi) is 6.70. The molecule has 9 heteroatoms. The first-order valence-electron chi connectivity index (χ1n) is 12.1. The summed E-state index contributed by atoms with van der Waals surface area (Å²) in [7, 11) is 1.54. The molecule has 184 valence electrons. The van der Waals surface area contributed by atoms with Gasteiger partial charge in [0.2, 0.25) is 5.88 Å². The zero-order valence-electron chi connectivity index (χ0n) is 19.8. The number of carboxylic acid groups (broad SMARTS) is 1. The predicted molar refractivity (Wildman–Crippen MR) is 130 cm³/mol. The van der Waals surface area contributed by atoms with E-state index in [4.69, 9.17) is 4.74 Å². The van der Waals surface area contributed by atoms with Crippen molar-refractivity contribution in [1.29, 1.82) is 0 Å². The van der Waals surface area contributed by atoms with Crippen LogP contribution in [0.2, 0.25) is 0 Å². The van der Waals surface area contributed by atoms with Crippen molar-refractivity contribution in [2.24, 2.45) is 0 Å². The summed E-state index contributed by atoms with van der Waals surface area (Å²) in [4.78, 5) is 22.2. The lowest BCUT2D eigenvalue weighted by Crippen LogP contribution is -2.41. The largest absolute Gasteiger partial charge is 0.481 e. The van der Waals surface area contributed by atoms with Gasteiger partial charge in [0.1, 0.15) is 12.0 Å². The molecule has 0 amide bonds. The molecule has 2 unspecified atom stereocenters. The van der Waals surface area contributed by atoms with Gasteiger partial charge in [0.25, 0.3) is 0 Å². The number of aliphatic carboxylic acids is 1. The van der Waals surface area contributed by atoms with Crippen LogP contribution in [-0.2, 0) is 24.2 Å². The number of pyridine rings is 2. The van der Waals surface area contributed by atoms with Gasteiger partial charge in [0.15, 0.2) is 0 Å². The fraction of sp³-hybridized carbons (Fsp3) is 0.423. The second-order valence-corrected chi connectivity index (χ2v) is 9.26. The standard InChI is InChI=1S/C26H31N5O4/c1-35-23-9-6-19(15-28-23)21(14-24(32)33)31-12-11-30-16-17(13-22(30)26(31)34)4-7-20-8-5-18-3-2-10-27-25(18)29-20/h2-3,6,9-10,13,15-16,20-21,26,34H,4-5,7-8,11-12,14H2,1H3,(H,27,29)(H,32,33)/t20?,21-,26?/m0/s1. The number of aryl methyl sites for hydroxylation is 2. The second kappa shape index (κ2) is 10.1.